The monoisotopic (exact) mass is 556 g/mol. The Morgan fingerprint density at radius 2 is 1.80 bits per heavy atom. The molecule has 2 atom stereocenters. The number of aromatic nitrogens is 3. The lowest BCUT2D eigenvalue weighted by Crippen LogP contribution is -2.46. The molecule has 212 valence electrons. The first-order chi connectivity index (χ1) is 20.0. The van der Waals surface area contributed by atoms with E-state index in [-0.39, 0.29) is 31.3 Å². The highest BCUT2D eigenvalue weighted by molar-refractivity contribution is 6.02. The van der Waals surface area contributed by atoms with Gasteiger partial charge in [-0.2, -0.15) is 0 Å². The molecule has 1 saturated heterocycles. The molecule has 11 heteroatoms. The molecule has 1 fully saturated rings. The summed E-state index contributed by atoms with van der Waals surface area (Å²) in [6.07, 6.45) is 1.79. The number of hydrogen-bond donors (Lipinski definition) is 1. The van der Waals surface area contributed by atoms with Crippen LogP contribution in [0.3, 0.4) is 0 Å². The molecule has 2 aliphatic rings. The lowest BCUT2D eigenvalue weighted by Gasteiger charge is -2.32. The first-order valence-electron chi connectivity index (χ1n) is 13.6. The van der Waals surface area contributed by atoms with Crippen molar-refractivity contribution in [1.29, 1.82) is 0 Å². The summed E-state index contributed by atoms with van der Waals surface area (Å²) >= 11 is 0. The van der Waals surface area contributed by atoms with E-state index in [2.05, 4.69) is 15.6 Å². The lowest BCUT2D eigenvalue weighted by molar-refractivity contribution is -0.127. The molecule has 4 aromatic rings. The summed E-state index contributed by atoms with van der Waals surface area (Å²) in [5.41, 5.74) is 3.54. The number of nitrogens with one attached hydrogen (secondary N) is 1. The minimum atomic E-state index is -0.977. The maximum atomic E-state index is 14.3. The third kappa shape index (κ3) is 5.53. The first kappa shape index (κ1) is 26.6. The Kier molecular flexibility index (Phi) is 7.43. The zero-order valence-electron chi connectivity index (χ0n) is 23.0. The minimum absolute atomic E-state index is 0.0491. The Morgan fingerprint density at radius 3 is 2.59 bits per heavy atom. The molecule has 0 aliphatic carbocycles. The highest BCUT2D eigenvalue weighted by Gasteiger charge is 2.35. The fourth-order valence-electron chi connectivity index (χ4n) is 5.20. The average Bonchev–Trinajstić information content (AvgIpc) is 3.76. The molecule has 2 amide bonds. The molecule has 0 spiro atoms. The summed E-state index contributed by atoms with van der Waals surface area (Å²) in [5.74, 6) is 0.437. The van der Waals surface area contributed by atoms with Crippen molar-refractivity contribution in [2.24, 2.45) is 0 Å². The van der Waals surface area contributed by atoms with Crippen molar-refractivity contribution in [3.8, 4) is 11.5 Å². The molecule has 0 saturated carbocycles. The zero-order chi connectivity index (χ0) is 28.3. The number of carbonyl (C=O) groups is 2. The lowest BCUT2D eigenvalue weighted by atomic mass is 10.0. The van der Waals surface area contributed by atoms with E-state index < -0.39 is 6.04 Å². The number of nitrogens with zero attached hydrogens (tertiary/aromatic N) is 5. The van der Waals surface area contributed by atoms with E-state index in [0.717, 1.165) is 24.0 Å². The number of para-hydroxylation sites is 1. The Morgan fingerprint density at radius 1 is 1.02 bits per heavy atom. The fraction of sp³-hybridized carbons (Fsp3) is 0.333. The van der Waals surface area contributed by atoms with Crippen LogP contribution in [0.2, 0.25) is 0 Å². The molecule has 0 unspecified atom stereocenters. The van der Waals surface area contributed by atoms with Crippen LogP contribution in [0.4, 0.5) is 11.4 Å². The molecule has 1 N–H and O–H groups in total. The number of rotatable bonds is 9. The van der Waals surface area contributed by atoms with Crippen molar-refractivity contribution in [3.63, 3.8) is 0 Å². The van der Waals surface area contributed by atoms with Crippen LogP contribution >= 0.6 is 0 Å². The Bertz CT molecular complexity index is 1550. The van der Waals surface area contributed by atoms with Gasteiger partial charge in [-0.05, 0) is 54.8 Å². The van der Waals surface area contributed by atoms with Gasteiger partial charge in [-0.25, -0.2) is 4.68 Å². The van der Waals surface area contributed by atoms with Gasteiger partial charge in [0, 0.05) is 44.7 Å². The first-order valence-corrected chi connectivity index (χ1v) is 13.6. The maximum Gasteiger partial charge on any atom is 0.249 e. The molecule has 3 heterocycles. The number of benzene rings is 3. The van der Waals surface area contributed by atoms with Crippen LogP contribution in [0.5, 0.6) is 11.5 Å². The predicted octanol–water partition coefficient (Wildman–Crippen LogP) is 3.30. The van der Waals surface area contributed by atoms with Gasteiger partial charge in [-0.15, -0.1) is 5.10 Å². The second-order valence-corrected chi connectivity index (χ2v) is 10.3. The molecule has 1 aromatic heterocycles. The van der Waals surface area contributed by atoms with Gasteiger partial charge in [0.25, 0.3) is 0 Å². The van der Waals surface area contributed by atoms with E-state index in [9.17, 15) is 9.59 Å². The largest absolute Gasteiger partial charge is 0.454 e. The van der Waals surface area contributed by atoms with Crippen LogP contribution in [-0.4, -0.2) is 67.0 Å². The van der Waals surface area contributed by atoms with Crippen LogP contribution in [0.1, 0.15) is 24.4 Å². The van der Waals surface area contributed by atoms with Gasteiger partial charge in [0.2, 0.25) is 18.6 Å². The molecule has 0 radical (unpaired) electrons. The zero-order valence-corrected chi connectivity index (χ0v) is 23.0. The topological polar surface area (TPSA) is 111 Å². The summed E-state index contributed by atoms with van der Waals surface area (Å²) in [7, 11) is 3.90. The Hall–Kier alpha value is -4.64. The molecular formula is C30H32N6O5. The van der Waals surface area contributed by atoms with E-state index in [1.54, 1.807) is 22.9 Å². The van der Waals surface area contributed by atoms with Gasteiger partial charge in [0.15, 0.2) is 11.5 Å². The summed E-state index contributed by atoms with van der Waals surface area (Å²) in [6, 6.07) is 19.3. The molecule has 2 aliphatic heterocycles. The number of carbonyl (C=O) groups excluding carboxylic acids is 2. The van der Waals surface area contributed by atoms with E-state index in [4.69, 9.17) is 14.2 Å². The minimum Gasteiger partial charge on any atom is -0.454 e. The van der Waals surface area contributed by atoms with Gasteiger partial charge in [-0.3, -0.25) is 14.5 Å². The van der Waals surface area contributed by atoms with E-state index in [0.29, 0.717) is 41.4 Å². The standard InChI is InChI=1S/C30H32N6O5/c1-34(2)21-11-9-20(10-12-21)29(30(38)31-17-23-6-5-15-39-23)36(22-13-14-26-27(16-22)41-19-40-26)28(37)18-35-25-8-4-3-7-24(25)32-33-35/h3-4,7-14,16,23,29H,5-6,15,17-19H2,1-2H3,(H,31,38)/t23-,29+/m1/s1. The molecule has 6 rings (SSSR count). The SMILES string of the molecule is CN(C)c1ccc([C@@H](C(=O)NC[C@H]2CCCO2)N(C(=O)Cn2nnc3ccccc32)c2ccc3c(c2)OCO3)cc1. The van der Waals surface area contributed by atoms with Crippen molar-refractivity contribution in [1.82, 2.24) is 20.3 Å². The average molecular weight is 557 g/mol. The van der Waals surface area contributed by atoms with Crippen molar-refractivity contribution in [2.75, 3.05) is 43.8 Å². The van der Waals surface area contributed by atoms with Crippen LogP contribution in [0, 0.1) is 0 Å². The number of ether oxygens (including phenoxy) is 3. The van der Waals surface area contributed by atoms with Crippen LogP contribution in [-0.2, 0) is 20.9 Å². The highest BCUT2D eigenvalue weighted by atomic mass is 16.7. The third-order valence-electron chi connectivity index (χ3n) is 7.37. The molecule has 41 heavy (non-hydrogen) atoms. The highest BCUT2D eigenvalue weighted by Crippen LogP contribution is 2.38. The summed E-state index contributed by atoms with van der Waals surface area (Å²) in [6.45, 7) is 1.01. The smallest absolute Gasteiger partial charge is 0.249 e. The van der Waals surface area contributed by atoms with Crippen molar-refractivity contribution >= 4 is 34.2 Å². The van der Waals surface area contributed by atoms with Gasteiger partial charge in [0.05, 0.1) is 11.6 Å². The van der Waals surface area contributed by atoms with E-state index >= 15 is 0 Å². The van der Waals surface area contributed by atoms with Crippen molar-refractivity contribution < 1.29 is 23.8 Å². The van der Waals surface area contributed by atoms with Gasteiger partial charge in [-0.1, -0.05) is 29.5 Å². The molecule has 11 nitrogen and oxygen atoms in total. The summed E-state index contributed by atoms with van der Waals surface area (Å²) in [4.78, 5) is 31.8. The molecule has 3 aromatic carbocycles. The van der Waals surface area contributed by atoms with Gasteiger partial charge >= 0.3 is 0 Å². The quantitative estimate of drug-likeness (QED) is 0.334. The predicted molar refractivity (Wildman–Crippen MR) is 153 cm³/mol. The normalized spacial score (nSPS) is 16.5. The molecular weight excluding hydrogens is 524 g/mol. The van der Waals surface area contributed by atoms with Crippen LogP contribution < -0.4 is 24.6 Å². The molecule has 0 bridgehead atoms. The number of hydrogen-bond acceptors (Lipinski definition) is 8. The second-order valence-electron chi connectivity index (χ2n) is 10.3. The number of amides is 2. The summed E-state index contributed by atoms with van der Waals surface area (Å²) < 4.78 is 18.4. The van der Waals surface area contributed by atoms with Gasteiger partial charge < -0.3 is 24.4 Å². The van der Waals surface area contributed by atoms with Crippen LogP contribution in [0.25, 0.3) is 11.0 Å². The van der Waals surface area contributed by atoms with E-state index in [1.165, 1.54) is 4.90 Å². The number of fused-ring (bicyclic) bond motifs is 2. The Balaban J connectivity index is 1.40. The van der Waals surface area contributed by atoms with Crippen LogP contribution in [0.15, 0.2) is 66.7 Å². The number of anilines is 2. The maximum absolute atomic E-state index is 14.3. The van der Waals surface area contributed by atoms with Gasteiger partial charge in [0.1, 0.15) is 18.1 Å². The van der Waals surface area contributed by atoms with Crippen molar-refractivity contribution in [2.45, 2.75) is 31.5 Å². The second kappa shape index (κ2) is 11.5. The third-order valence-corrected chi connectivity index (χ3v) is 7.37. The Labute approximate surface area is 237 Å². The fourth-order valence-corrected chi connectivity index (χ4v) is 5.20. The summed E-state index contributed by atoms with van der Waals surface area (Å²) in [5, 5.41) is 11.5. The van der Waals surface area contributed by atoms with Crippen molar-refractivity contribution in [3.05, 3.63) is 72.3 Å². The van der Waals surface area contributed by atoms with E-state index in [1.807, 2.05) is 67.5 Å².